The zero-order valence-electron chi connectivity index (χ0n) is 12.2. The lowest BCUT2D eigenvalue weighted by Crippen LogP contribution is -2.54. The average molecular weight is 321 g/mol. The molecule has 0 saturated carbocycles. The normalized spacial score (nSPS) is 14.5. The summed E-state index contributed by atoms with van der Waals surface area (Å²) in [7, 11) is 0. The van der Waals surface area contributed by atoms with Gasteiger partial charge < -0.3 is 14.7 Å². The summed E-state index contributed by atoms with van der Waals surface area (Å²) in [5.41, 5.74) is 0.0965. The number of aryl methyl sites for hydroxylation is 1. The Balaban J connectivity index is 1.56. The second-order valence-corrected chi connectivity index (χ2v) is 5.34. The molecular formula is C15H13F2N3O3. The zero-order chi connectivity index (χ0) is 16.6. The van der Waals surface area contributed by atoms with E-state index in [1.165, 1.54) is 11.0 Å². The molecule has 0 radical (unpaired) electrons. The maximum atomic E-state index is 13.5. The van der Waals surface area contributed by atoms with Crippen molar-refractivity contribution < 1.29 is 22.9 Å². The molecule has 0 bridgehead atoms. The molecule has 1 fully saturated rings. The molecule has 0 aliphatic carbocycles. The first-order valence-corrected chi connectivity index (χ1v) is 6.92. The number of carbonyl (C=O) groups excluding carboxylic acids is 2. The molecule has 1 aromatic carbocycles. The lowest BCUT2D eigenvalue weighted by atomic mass is 9.98. The van der Waals surface area contributed by atoms with Gasteiger partial charge in [-0.05, 0) is 19.1 Å². The molecule has 2 heterocycles. The first kappa shape index (κ1) is 15.1. The minimum atomic E-state index is -0.844. The molecule has 0 spiro atoms. The van der Waals surface area contributed by atoms with E-state index in [1.54, 1.807) is 6.92 Å². The highest BCUT2D eigenvalue weighted by Gasteiger charge is 2.37. The fraction of sp³-hybridized carbons (Fsp3) is 0.267. The number of nitrogens with one attached hydrogen (secondary N) is 1. The SMILES string of the molecule is Cc1cc(C(=O)N2CC(C(=O)Nc3ccc(F)cc3F)C2)no1. The van der Waals surface area contributed by atoms with Gasteiger partial charge in [0.05, 0.1) is 11.6 Å². The smallest absolute Gasteiger partial charge is 0.276 e. The zero-order valence-corrected chi connectivity index (χ0v) is 12.2. The van der Waals surface area contributed by atoms with Crippen molar-refractivity contribution in [1.29, 1.82) is 0 Å². The third-order valence-corrected chi connectivity index (χ3v) is 3.58. The Bertz CT molecular complexity index is 769. The standard InChI is InChI=1S/C15H13F2N3O3/c1-8-4-13(19-23-8)15(22)20-6-9(7-20)14(21)18-12-3-2-10(16)5-11(12)17/h2-5,9H,6-7H2,1H3,(H,18,21). The molecular weight excluding hydrogens is 308 g/mol. The lowest BCUT2D eigenvalue weighted by molar-refractivity contribution is -0.123. The molecule has 120 valence electrons. The average Bonchev–Trinajstić information content (AvgIpc) is 2.87. The number of hydrogen-bond donors (Lipinski definition) is 1. The number of likely N-dealkylation sites (tertiary alicyclic amines) is 1. The second kappa shape index (κ2) is 5.79. The fourth-order valence-corrected chi connectivity index (χ4v) is 2.27. The van der Waals surface area contributed by atoms with Gasteiger partial charge in [0.2, 0.25) is 5.91 Å². The maximum absolute atomic E-state index is 13.5. The number of halogens is 2. The number of benzene rings is 1. The Kier molecular flexibility index (Phi) is 3.81. The second-order valence-electron chi connectivity index (χ2n) is 5.34. The highest BCUT2D eigenvalue weighted by molar-refractivity contribution is 5.97. The Morgan fingerprint density at radius 3 is 2.65 bits per heavy atom. The lowest BCUT2D eigenvalue weighted by Gasteiger charge is -2.37. The van der Waals surface area contributed by atoms with E-state index in [0.717, 1.165) is 12.1 Å². The van der Waals surface area contributed by atoms with Crippen LogP contribution >= 0.6 is 0 Å². The van der Waals surface area contributed by atoms with E-state index in [0.29, 0.717) is 11.8 Å². The number of anilines is 1. The molecule has 1 aromatic heterocycles. The van der Waals surface area contributed by atoms with Gasteiger partial charge in [-0.2, -0.15) is 0 Å². The van der Waals surface area contributed by atoms with Crippen LogP contribution in [0.4, 0.5) is 14.5 Å². The van der Waals surface area contributed by atoms with Crippen molar-refractivity contribution in [2.24, 2.45) is 5.92 Å². The molecule has 1 N–H and O–H groups in total. The van der Waals surface area contributed by atoms with Gasteiger partial charge in [-0.25, -0.2) is 8.78 Å². The number of aromatic nitrogens is 1. The predicted molar refractivity (Wildman–Crippen MR) is 75.6 cm³/mol. The van der Waals surface area contributed by atoms with Gasteiger partial charge in [0.15, 0.2) is 5.69 Å². The highest BCUT2D eigenvalue weighted by atomic mass is 19.1. The summed E-state index contributed by atoms with van der Waals surface area (Å²) in [5.74, 6) is -2.23. The van der Waals surface area contributed by atoms with Gasteiger partial charge in [-0.3, -0.25) is 9.59 Å². The topological polar surface area (TPSA) is 75.4 Å². The van der Waals surface area contributed by atoms with E-state index in [-0.39, 0.29) is 30.4 Å². The summed E-state index contributed by atoms with van der Waals surface area (Å²) in [4.78, 5) is 25.5. The van der Waals surface area contributed by atoms with Crippen LogP contribution in [0.1, 0.15) is 16.2 Å². The van der Waals surface area contributed by atoms with Gasteiger partial charge in [0, 0.05) is 25.2 Å². The van der Waals surface area contributed by atoms with Crippen LogP contribution in [0.2, 0.25) is 0 Å². The number of amides is 2. The van der Waals surface area contributed by atoms with Gasteiger partial charge >= 0.3 is 0 Å². The number of nitrogens with zero attached hydrogens (tertiary/aromatic N) is 2. The number of hydrogen-bond acceptors (Lipinski definition) is 4. The van der Waals surface area contributed by atoms with E-state index >= 15 is 0 Å². The molecule has 0 unspecified atom stereocenters. The van der Waals surface area contributed by atoms with Crippen molar-refractivity contribution in [2.75, 3.05) is 18.4 Å². The summed E-state index contributed by atoms with van der Waals surface area (Å²) in [6.07, 6.45) is 0. The largest absolute Gasteiger partial charge is 0.361 e. The first-order valence-electron chi connectivity index (χ1n) is 6.92. The molecule has 2 amide bonds. The van der Waals surface area contributed by atoms with Gasteiger partial charge in [0.1, 0.15) is 17.4 Å². The number of rotatable bonds is 3. The van der Waals surface area contributed by atoms with Gasteiger partial charge in [-0.15, -0.1) is 0 Å². The van der Waals surface area contributed by atoms with Crippen LogP contribution in [0.5, 0.6) is 0 Å². The van der Waals surface area contributed by atoms with Crippen molar-refractivity contribution >= 4 is 17.5 Å². The van der Waals surface area contributed by atoms with Crippen LogP contribution in [0.15, 0.2) is 28.8 Å². The summed E-state index contributed by atoms with van der Waals surface area (Å²) >= 11 is 0. The Hall–Kier alpha value is -2.77. The molecule has 3 rings (SSSR count). The van der Waals surface area contributed by atoms with Crippen LogP contribution in [0.3, 0.4) is 0 Å². The number of carbonyl (C=O) groups is 2. The molecule has 2 aromatic rings. The van der Waals surface area contributed by atoms with E-state index in [9.17, 15) is 18.4 Å². The van der Waals surface area contributed by atoms with E-state index in [4.69, 9.17) is 4.52 Å². The summed E-state index contributed by atoms with van der Waals surface area (Å²) < 4.78 is 31.1. The highest BCUT2D eigenvalue weighted by Crippen LogP contribution is 2.22. The predicted octanol–water partition coefficient (Wildman–Crippen LogP) is 1.97. The van der Waals surface area contributed by atoms with E-state index in [1.807, 2.05) is 0 Å². The molecule has 6 nitrogen and oxygen atoms in total. The maximum Gasteiger partial charge on any atom is 0.276 e. The van der Waals surface area contributed by atoms with Crippen LogP contribution in [-0.2, 0) is 4.79 Å². The first-order chi connectivity index (χ1) is 10.9. The molecule has 23 heavy (non-hydrogen) atoms. The van der Waals surface area contributed by atoms with Crippen molar-refractivity contribution in [1.82, 2.24) is 10.1 Å². The van der Waals surface area contributed by atoms with E-state index in [2.05, 4.69) is 10.5 Å². The van der Waals surface area contributed by atoms with Gasteiger partial charge in [-0.1, -0.05) is 5.16 Å². The van der Waals surface area contributed by atoms with Crippen LogP contribution in [0.25, 0.3) is 0 Å². The van der Waals surface area contributed by atoms with E-state index < -0.39 is 23.5 Å². The Labute approximate surface area is 130 Å². The quantitative estimate of drug-likeness (QED) is 0.938. The van der Waals surface area contributed by atoms with Crippen molar-refractivity contribution in [3.8, 4) is 0 Å². The Morgan fingerprint density at radius 1 is 1.30 bits per heavy atom. The van der Waals surface area contributed by atoms with Gasteiger partial charge in [0.25, 0.3) is 5.91 Å². The molecule has 1 saturated heterocycles. The summed E-state index contributed by atoms with van der Waals surface area (Å²) in [5, 5.41) is 6.01. The molecule has 1 aliphatic heterocycles. The third-order valence-electron chi connectivity index (χ3n) is 3.58. The third kappa shape index (κ3) is 3.05. The van der Waals surface area contributed by atoms with Crippen molar-refractivity contribution in [3.05, 3.63) is 47.4 Å². The van der Waals surface area contributed by atoms with Crippen LogP contribution in [-0.4, -0.2) is 35.0 Å². The fourth-order valence-electron chi connectivity index (χ4n) is 2.27. The summed E-state index contributed by atoms with van der Waals surface area (Å²) in [6.45, 7) is 2.09. The monoisotopic (exact) mass is 321 g/mol. The minimum Gasteiger partial charge on any atom is -0.361 e. The van der Waals surface area contributed by atoms with Crippen LogP contribution < -0.4 is 5.32 Å². The minimum absolute atomic E-state index is 0.0895. The molecule has 1 aliphatic rings. The molecule has 8 heteroatoms. The summed E-state index contributed by atoms with van der Waals surface area (Å²) in [6, 6.07) is 4.42. The Morgan fingerprint density at radius 2 is 2.04 bits per heavy atom. The van der Waals surface area contributed by atoms with Crippen molar-refractivity contribution in [3.63, 3.8) is 0 Å². The molecule has 0 atom stereocenters. The van der Waals surface area contributed by atoms with Crippen LogP contribution in [0, 0.1) is 24.5 Å². The van der Waals surface area contributed by atoms with Crippen molar-refractivity contribution in [2.45, 2.75) is 6.92 Å².